The lowest BCUT2D eigenvalue weighted by atomic mass is 10.0. The van der Waals surface area contributed by atoms with E-state index in [1.165, 1.54) is 31.4 Å². The van der Waals surface area contributed by atoms with Gasteiger partial charge in [-0.25, -0.2) is 9.18 Å². The Balaban J connectivity index is 2.76. The van der Waals surface area contributed by atoms with Gasteiger partial charge in [0.2, 0.25) is 6.08 Å². The van der Waals surface area contributed by atoms with Crippen LogP contribution < -0.4 is 4.74 Å². The molecule has 0 spiro atoms. The smallest absolute Gasteiger partial charge is 0.287 e. The molecule has 2 aromatic carbocycles. The van der Waals surface area contributed by atoms with E-state index in [1.807, 2.05) is 0 Å². The molecule has 0 aliphatic rings. The number of aliphatic imine (C=N–C) groups is 1. The first-order chi connectivity index (χ1) is 11.4. The van der Waals surface area contributed by atoms with E-state index >= 15 is 0 Å². The first-order valence-electron chi connectivity index (χ1n) is 6.27. The minimum absolute atomic E-state index is 0.00361. The van der Waals surface area contributed by atoms with E-state index in [4.69, 9.17) is 4.74 Å². The van der Waals surface area contributed by atoms with Crippen molar-refractivity contribution in [2.45, 2.75) is 0 Å². The number of methoxy groups -OCH3 is 1. The summed E-state index contributed by atoms with van der Waals surface area (Å²) in [6, 6.07) is 5.05. The van der Waals surface area contributed by atoms with Crippen LogP contribution in [0.4, 0.5) is 21.5 Å². The van der Waals surface area contributed by atoms with Gasteiger partial charge in [-0.3, -0.25) is 20.2 Å². The summed E-state index contributed by atoms with van der Waals surface area (Å²) < 4.78 is 19.2. The van der Waals surface area contributed by atoms with E-state index < -0.39 is 32.6 Å². The van der Waals surface area contributed by atoms with Gasteiger partial charge >= 0.3 is 0 Å². The number of rotatable bonds is 5. The zero-order valence-electron chi connectivity index (χ0n) is 12.1. The van der Waals surface area contributed by atoms with E-state index in [9.17, 15) is 29.4 Å². The second kappa shape index (κ2) is 6.63. The molecule has 0 aromatic heterocycles. The number of nitrogens with zero attached hydrogens (tertiary/aromatic N) is 3. The van der Waals surface area contributed by atoms with Gasteiger partial charge in [0.05, 0.1) is 34.7 Å². The molecule has 10 heteroatoms. The Morgan fingerprint density at radius 1 is 1.17 bits per heavy atom. The standard InChI is InChI=1S/C14H8FN3O6/c1-24-13-3-2-8(4-11(13)16-7-19)14-10(15)5-9(17(20)21)6-12(14)18(22)23/h2-6H,1H3. The SMILES string of the molecule is COc1ccc(-c2c(F)cc([N+](=O)[O-])cc2[N+](=O)[O-])cc1N=C=O. The minimum atomic E-state index is -1.15. The second-order valence-corrected chi connectivity index (χ2v) is 4.43. The molecule has 0 amide bonds. The van der Waals surface area contributed by atoms with E-state index in [2.05, 4.69) is 4.99 Å². The fourth-order valence-corrected chi connectivity index (χ4v) is 2.10. The molecule has 0 aliphatic heterocycles. The Hall–Kier alpha value is -3.65. The van der Waals surface area contributed by atoms with Crippen LogP contribution in [0.15, 0.2) is 35.3 Å². The molecule has 0 unspecified atom stereocenters. The van der Waals surface area contributed by atoms with Crippen LogP contribution in [-0.4, -0.2) is 23.0 Å². The molecule has 0 aliphatic carbocycles. The molecular weight excluding hydrogens is 325 g/mol. The summed E-state index contributed by atoms with van der Waals surface area (Å²) >= 11 is 0. The number of benzene rings is 2. The maximum absolute atomic E-state index is 14.3. The van der Waals surface area contributed by atoms with Crippen LogP contribution in [0.5, 0.6) is 5.75 Å². The molecule has 0 saturated carbocycles. The zero-order chi connectivity index (χ0) is 17.9. The topological polar surface area (TPSA) is 125 Å². The first-order valence-corrected chi connectivity index (χ1v) is 6.27. The number of nitro benzene ring substituents is 2. The van der Waals surface area contributed by atoms with Crippen molar-refractivity contribution in [3.8, 4) is 16.9 Å². The molecule has 0 atom stereocenters. The van der Waals surface area contributed by atoms with Gasteiger partial charge in [-0.1, -0.05) is 6.07 Å². The van der Waals surface area contributed by atoms with E-state index in [0.717, 1.165) is 0 Å². The van der Waals surface area contributed by atoms with Gasteiger partial charge in [-0.2, -0.15) is 4.99 Å². The number of hydrogen-bond acceptors (Lipinski definition) is 7. The Labute approximate surface area is 133 Å². The molecule has 9 nitrogen and oxygen atoms in total. The van der Waals surface area contributed by atoms with Gasteiger partial charge in [0.15, 0.2) is 0 Å². The lowest BCUT2D eigenvalue weighted by Gasteiger charge is -2.08. The molecule has 122 valence electrons. The summed E-state index contributed by atoms with van der Waals surface area (Å²) in [4.78, 5) is 33.9. The highest BCUT2D eigenvalue weighted by molar-refractivity contribution is 5.79. The molecule has 0 N–H and O–H groups in total. The van der Waals surface area contributed by atoms with Crippen molar-refractivity contribution in [3.63, 3.8) is 0 Å². The van der Waals surface area contributed by atoms with Crippen molar-refractivity contribution >= 4 is 23.1 Å². The Morgan fingerprint density at radius 3 is 2.42 bits per heavy atom. The van der Waals surface area contributed by atoms with Crippen LogP contribution in [-0.2, 0) is 4.79 Å². The molecule has 0 fully saturated rings. The van der Waals surface area contributed by atoms with Gasteiger partial charge in [0.25, 0.3) is 11.4 Å². The number of isocyanates is 1. The summed E-state index contributed by atoms with van der Waals surface area (Å²) in [6.45, 7) is 0. The number of non-ortho nitro benzene ring substituents is 1. The van der Waals surface area contributed by atoms with Crippen LogP contribution in [0.2, 0.25) is 0 Å². The van der Waals surface area contributed by atoms with Crippen molar-refractivity contribution < 1.29 is 23.8 Å². The van der Waals surface area contributed by atoms with Gasteiger partial charge in [-0.15, -0.1) is 0 Å². The third kappa shape index (κ3) is 3.08. The Kier molecular flexibility index (Phi) is 4.62. The maximum atomic E-state index is 14.3. The second-order valence-electron chi connectivity index (χ2n) is 4.43. The Bertz CT molecular complexity index is 892. The zero-order valence-corrected chi connectivity index (χ0v) is 12.1. The first kappa shape index (κ1) is 16.7. The monoisotopic (exact) mass is 333 g/mol. The van der Waals surface area contributed by atoms with Crippen molar-refractivity contribution in [2.75, 3.05) is 7.11 Å². The number of carbonyl (C=O) groups excluding carboxylic acids is 1. The predicted molar refractivity (Wildman–Crippen MR) is 79.5 cm³/mol. The average molecular weight is 333 g/mol. The van der Waals surface area contributed by atoms with Gasteiger partial charge < -0.3 is 4.74 Å². The van der Waals surface area contributed by atoms with Gasteiger partial charge in [0.1, 0.15) is 17.3 Å². The van der Waals surface area contributed by atoms with Gasteiger partial charge in [-0.05, 0) is 17.7 Å². The summed E-state index contributed by atoms with van der Waals surface area (Å²) in [5.41, 5.74) is -2.01. The van der Waals surface area contributed by atoms with E-state index in [-0.39, 0.29) is 17.0 Å². The van der Waals surface area contributed by atoms with Crippen LogP contribution in [0.1, 0.15) is 0 Å². The molecular formula is C14H8FN3O6. The van der Waals surface area contributed by atoms with Crippen LogP contribution in [0, 0.1) is 26.0 Å². The fraction of sp³-hybridized carbons (Fsp3) is 0.0714. The fourth-order valence-electron chi connectivity index (χ4n) is 2.10. The third-order valence-corrected chi connectivity index (χ3v) is 3.10. The summed E-state index contributed by atoms with van der Waals surface area (Å²) in [6.07, 6.45) is 1.29. The lowest BCUT2D eigenvalue weighted by Crippen LogP contribution is -1.98. The third-order valence-electron chi connectivity index (χ3n) is 3.10. The van der Waals surface area contributed by atoms with E-state index in [0.29, 0.717) is 12.1 Å². The number of nitro groups is 2. The summed E-state index contributed by atoms with van der Waals surface area (Å²) in [7, 11) is 1.31. The molecule has 24 heavy (non-hydrogen) atoms. The molecule has 0 saturated heterocycles. The largest absolute Gasteiger partial charge is 0.494 e. The normalized spacial score (nSPS) is 9.92. The molecule has 2 aromatic rings. The number of ether oxygens (including phenoxy) is 1. The number of hydrogen-bond donors (Lipinski definition) is 0. The average Bonchev–Trinajstić information content (AvgIpc) is 2.54. The predicted octanol–water partition coefficient (Wildman–Crippen LogP) is 3.29. The maximum Gasteiger partial charge on any atom is 0.287 e. The molecule has 0 heterocycles. The molecule has 0 bridgehead atoms. The minimum Gasteiger partial charge on any atom is -0.494 e. The van der Waals surface area contributed by atoms with Crippen molar-refractivity contribution in [3.05, 3.63) is 56.4 Å². The summed E-state index contributed by atoms with van der Waals surface area (Å²) in [5.74, 6) is -0.978. The van der Waals surface area contributed by atoms with Crippen LogP contribution in [0.3, 0.4) is 0 Å². The van der Waals surface area contributed by atoms with Crippen molar-refractivity contribution in [1.29, 1.82) is 0 Å². The lowest BCUT2D eigenvalue weighted by molar-refractivity contribution is -0.394. The summed E-state index contributed by atoms with van der Waals surface area (Å²) in [5, 5.41) is 21.9. The Morgan fingerprint density at radius 2 is 1.88 bits per heavy atom. The quantitative estimate of drug-likeness (QED) is 0.358. The highest BCUT2D eigenvalue weighted by Gasteiger charge is 2.26. The highest BCUT2D eigenvalue weighted by Crippen LogP contribution is 2.39. The highest BCUT2D eigenvalue weighted by atomic mass is 19.1. The van der Waals surface area contributed by atoms with E-state index in [1.54, 1.807) is 0 Å². The van der Waals surface area contributed by atoms with Crippen molar-refractivity contribution in [1.82, 2.24) is 0 Å². The number of halogens is 1. The molecule has 2 rings (SSSR count). The van der Waals surface area contributed by atoms with Gasteiger partial charge in [0, 0.05) is 0 Å². The molecule has 0 radical (unpaired) electrons. The van der Waals surface area contributed by atoms with Crippen molar-refractivity contribution in [2.24, 2.45) is 4.99 Å². The van der Waals surface area contributed by atoms with Crippen LogP contribution >= 0.6 is 0 Å². The van der Waals surface area contributed by atoms with Crippen LogP contribution in [0.25, 0.3) is 11.1 Å².